The summed E-state index contributed by atoms with van der Waals surface area (Å²) in [4.78, 5) is 15.3. The van der Waals surface area contributed by atoms with E-state index in [1.807, 2.05) is 0 Å². The van der Waals surface area contributed by atoms with Gasteiger partial charge in [0.15, 0.2) is 0 Å². The third-order valence-electron chi connectivity index (χ3n) is 3.28. The van der Waals surface area contributed by atoms with Gasteiger partial charge in [-0.3, -0.25) is 9.71 Å². The number of carbonyl (C=O) groups is 1. The summed E-state index contributed by atoms with van der Waals surface area (Å²) in [5.41, 5.74) is 1.54. The molecule has 2 aromatic carbocycles. The number of sulfonamides is 1. The van der Waals surface area contributed by atoms with E-state index in [0.717, 1.165) is 5.56 Å². The smallest absolute Gasteiger partial charge is 0.335 e. The predicted octanol–water partition coefficient (Wildman–Crippen LogP) is 1.62. The summed E-state index contributed by atoms with van der Waals surface area (Å²) in [5.74, 6) is -0.687. The van der Waals surface area contributed by atoms with Crippen LogP contribution in [0.1, 0.15) is 21.5 Å². The lowest BCUT2D eigenvalue weighted by Crippen LogP contribution is -2.22. The van der Waals surface area contributed by atoms with Gasteiger partial charge in [-0.25, -0.2) is 13.2 Å². The number of aliphatic imine (C=N–C) groups is 1. The topological polar surface area (TPSA) is 95.8 Å². The van der Waals surface area contributed by atoms with Crippen LogP contribution in [-0.2, 0) is 16.6 Å². The molecule has 0 aromatic heterocycles. The molecule has 2 aromatic rings. The molecular formula is C15H12N2O4S. The van der Waals surface area contributed by atoms with Gasteiger partial charge in [0.05, 0.1) is 17.0 Å². The summed E-state index contributed by atoms with van der Waals surface area (Å²) in [6, 6.07) is 12.9. The average molecular weight is 316 g/mol. The van der Waals surface area contributed by atoms with Gasteiger partial charge in [-0.1, -0.05) is 24.3 Å². The van der Waals surface area contributed by atoms with Crippen LogP contribution in [-0.4, -0.2) is 25.3 Å². The van der Waals surface area contributed by atoms with Gasteiger partial charge in [-0.05, 0) is 29.8 Å². The molecule has 2 N–H and O–H groups in total. The Bertz CT molecular complexity index is 871. The van der Waals surface area contributed by atoms with E-state index in [0.29, 0.717) is 11.4 Å². The Morgan fingerprint density at radius 2 is 1.77 bits per heavy atom. The first kappa shape index (κ1) is 14.3. The quantitative estimate of drug-likeness (QED) is 0.899. The Labute approximate surface area is 127 Å². The number of hydrogen-bond donors (Lipinski definition) is 2. The molecule has 0 amide bonds. The lowest BCUT2D eigenvalue weighted by Gasteiger charge is -2.01. The van der Waals surface area contributed by atoms with Crippen molar-refractivity contribution in [3.8, 4) is 0 Å². The van der Waals surface area contributed by atoms with E-state index in [-0.39, 0.29) is 17.0 Å². The van der Waals surface area contributed by atoms with Crippen molar-refractivity contribution in [2.24, 2.45) is 4.99 Å². The minimum atomic E-state index is -3.54. The zero-order chi connectivity index (χ0) is 15.7. The van der Waals surface area contributed by atoms with E-state index in [9.17, 15) is 13.2 Å². The summed E-state index contributed by atoms with van der Waals surface area (Å²) in [5, 5.41) is 8.84. The second-order valence-corrected chi connectivity index (χ2v) is 6.42. The Morgan fingerprint density at radius 1 is 1.09 bits per heavy atom. The van der Waals surface area contributed by atoms with Crippen molar-refractivity contribution in [2.45, 2.75) is 11.4 Å². The second kappa shape index (κ2) is 5.27. The number of hydrogen-bond acceptors (Lipinski definition) is 4. The number of amidine groups is 1. The normalized spacial score (nSPS) is 17.0. The maximum Gasteiger partial charge on any atom is 0.335 e. The standard InChI is InChI=1S/C15H12N2O4S/c18-15(19)11-7-5-10(6-8-11)9-16-14-12-3-1-2-4-13(12)22(20,21)17-14/h1-8H,9H2,(H,16,17)(H,18,19). The highest BCUT2D eigenvalue weighted by Gasteiger charge is 2.29. The van der Waals surface area contributed by atoms with Gasteiger partial charge in [-0.2, -0.15) is 0 Å². The van der Waals surface area contributed by atoms with E-state index < -0.39 is 16.0 Å². The molecular weight excluding hydrogens is 304 g/mol. The monoisotopic (exact) mass is 316 g/mol. The van der Waals surface area contributed by atoms with Gasteiger partial charge in [-0.15, -0.1) is 0 Å². The molecule has 112 valence electrons. The second-order valence-electron chi connectivity index (χ2n) is 4.77. The number of fused-ring (bicyclic) bond motifs is 1. The van der Waals surface area contributed by atoms with Crippen molar-refractivity contribution in [1.82, 2.24) is 4.72 Å². The van der Waals surface area contributed by atoms with Crippen molar-refractivity contribution in [2.75, 3.05) is 0 Å². The first-order valence-electron chi connectivity index (χ1n) is 6.46. The van der Waals surface area contributed by atoms with E-state index >= 15 is 0 Å². The Kier molecular flexibility index (Phi) is 3.42. The molecule has 6 nitrogen and oxygen atoms in total. The minimum absolute atomic E-state index is 0.198. The van der Waals surface area contributed by atoms with Crippen LogP contribution in [0.5, 0.6) is 0 Å². The fraction of sp³-hybridized carbons (Fsp3) is 0.0667. The van der Waals surface area contributed by atoms with Crippen molar-refractivity contribution < 1.29 is 18.3 Å². The average Bonchev–Trinajstić information content (AvgIpc) is 2.77. The molecule has 0 aliphatic carbocycles. The Balaban J connectivity index is 1.87. The molecule has 0 spiro atoms. The molecule has 0 radical (unpaired) electrons. The van der Waals surface area contributed by atoms with Crippen LogP contribution in [0.25, 0.3) is 0 Å². The first-order valence-corrected chi connectivity index (χ1v) is 7.94. The fourth-order valence-corrected chi connectivity index (χ4v) is 3.43. The van der Waals surface area contributed by atoms with Crippen molar-refractivity contribution in [3.63, 3.8) is 0 Å². The van der Waals surface area contributed by atoms with Gasteiger partial charge >= 0.3 is 5.97 Å². The summed E-state index contributed by atoms with van der Waals surface area (Å²) < 4.78 is 26.3. The van der Waals surface area contributed by atoms with Crippen molar-refractivity contribution in [3.05, 3.63) is 65.2 Å². The van der Waals surface area contributed by atoms with E-state index in [1.54, 1.807) is 30.3 Å². The zero-order valence-corrected chi connectivity index (χ0v) is 12.2. The van der Waals surface area contributed by atoms with Crippen LogP contribution in [0, 0.1) is 0 Å². The maximum atomic E-state index is 11.9. The summed E-state index contributed by atoms with van der Waals surface area (Å²) in [6.07, 6.45) is 0. The van der Waals surface area contributed by atoms with Crippen LogP contribution >= 0.6 is 0 Å². The van der Waals surface area contributed by atoms with Crippen molar-refractivity contribution in [1.29, 1.82) is 0 Å². The van der Waals surface area contributed by atoms with Crippen LogP contribution in [0.2, 0.25) is 0 Å². The molecule has 0 fully saturated rings. The molecule has 22 heavy (non-hydrogen) atoms. The van der Waals surface area contributed by atoms with Crippen LogP contribution in [0.3, 0.4) is 0 Å². The molecule has 0 unspecified atom stereocenters. The van der Waals surface area contributed by atoms with Gasteiger partial charge < -0.3 is 5.11 Å². The van der Waals surface area contributed by atoms with Crippen LogP contribution in [0.15, 0.2) is 58.4 Å². The third-order valence-corrected chi connectivity index (χ3v) is 4.68. The highest BCUT2D eigenvalue weighted by atomic mass is 32.2. The van der Waals surface area contributed by atoms with Gasteiger partial charge in [0.1, 0.15) is 5.84 Å². The fourth-order valence-electron chi connectivity index (χ4n) is 2.17. The molecule has 1 aliphatic heterocycles. The molecule has 0 atom stereocenters. The lowest BCUT2D eigenvalue weighted by atomic mass is 10.1. The summed E-state index contributed by atoms with van der Waals surface area (Å²) in [6.45, 7) is 0.256. The van der Waals surface area contributed by atoms with E-state index in [1.165, 1.54) is 18.2 Å². The number of nitrogens with zero attached hydrogens (tertiary/aromatic N) is 1. The maximum absolute atomic E-state index is 11.9. The van der Waals surface area contributed by atoms with Gasteiger partial charge in [0, 0.05) is 5.56 Å². The molecule has 0 bridgehead atoms. The number of carboxylic acid groups (broad SMARTS) is 1. The number of carboxylic acids is 1. The Morgan fingerprint density at radius 3 is 2.45 bits per heavy atom. The number of nitrogens with one attached hydrogen (secondary N) is 1. The van der Waals surface area contributed by atoms with Crippen molar-refractivity contribution >= 4 is 21.8 Å². The van der Waals surface area contributed by atoms with Gasteiger partial charge in [0.2, 0.25) is 0 Å². The molecule has 1 heterocycles. The molecule has 0 saturated heterocycles. The summed E-state index contributed by atoms with van der Waals surface area (Å²) >= 11 is 0. The van der Waals surface area contributed by atoms with Gasteiger partial charge in [0.25, 0.3) is 10.0 Å². The van der Waals surface area contributed by atoms with E-state index in [2.05, 4.69) is 9.71 Å². The highest BCUT2D eigenvalue weighted by molar-refractivity contribution is 7.90. The SMILES string of the molecule is O=C(O)c1ccc(CN=C2NS(=O)(=O)c3ccccc32)cc1. The lowest BCUT2D eigenvalue weighted by molar-refractivity contribution is 0.0697. The van der Waals surface area contributed by atoms with Crippen LogP contribution in [0.4, 0.5) is 0 Å². The minimum Gasteiger partial charge on any atom is -0.478 e. The van der Waals surface area contributed by atoms with Crippen LogP contribution < -0.4 is 4.72 Å². The van der Waals surface area contributed by atoms with E-state index in [4.69, 9.17) is 5.11 Å². The first-order chi connectivity index (χ1) is 10.5. The molecule has 7 heteroatoms. The Hall–Kier alpha value is -2.67. The highest BCUT2D eigenvalue weighted by Crippen LogP contribution is 2.22. The largest absolute Gasteiger partial charge is 0.478 e. The number of aromatic carboxylic acids is 1. The molecule has 3 rings (SSSR count). The predicted molar refractivity (Wildman–Crippen MR) is 80.4 cm³/mol. The third kappa shape index (κ3) is 2.58. The number of benzene rings is 2. The summed E-state index contributed by atoms with van der Waals surface area (Å²) in [7, 11) is -3.54. The molecule has 1 aliphatic rings. The zero-order valence-electron chi connectivity index (χ0n) is 11.4. The number of rotatable bonds is 3. The molecule has 0 saturated carbocycles.